The van der Waals surface area contributed by atoms with Crippen LogP contribution in [-0.2, 0) is 4.79 Å². The van der Waals surface area contributed by atoms with Gasteiger partial charge < -0.3 is 30.0 Å². The van der Waals surface area contributed by atoms with Crippen LogP contribution in [0.3, 0.4) is 0 Å². The Kier molecular flexibility index (Phi) is 5.13. The van der Waals surface area contributed by atoms with Gasteiger partial charge in [-0.3, -0.25) is 4.79 Å². The molecule has 31 heavy (non-hydrogen) atoms. The van der Waals surface area contributed by atoms with Crippen LogP contribution in [0.5, 0.6) is 11.5 Å². The minimum Gasteiger partial charge on any atom is -0.545 e. The maximum Gasteiger partial charge on any atom is 0.145 e. The molecule has 1 aliphatic carbocycles. The zero-order chi connectivity index (χ0) is 22.3. The van der Waals surface area contributed by atoms with Crippen molar-refractivity contribution in [1.82, 2.24) is 0 Å². The lowest BCUT2D eigenvalue weighted by Crippen LogP contribution is -2.36. The molecule has 7 heteroatoms. The fourth-order valence-corrected chi connectivity index (χ4v) is 4.42. The molecule has 0 aromatic heterocycles. The zero-order valence-electron chi connectivity index (χ0n) is 17.9. The van der Waals surface area contributed by atoms with Gasteiger partial charge in [-0.15, -0.1) is 0 Å². The Bertz CT molecular complexity index is 1090. The number of Topliss-reactive ketones (excluding diaryl/α,β-unsaturated/α-hetero) is 1. The molecule has 1 heterocycles. The van der Waals surface area contributed by atoms with E-state index in [0.29, 0.717) is 29.3 Å². The number of ether oxygens (including phenoxy) is 2. The summed E-state index contributed by atoms with van der Waals surface area (Å²) in [5.74, 6) is -0.398. The van der Waals surface area contributed by atoms with Crippen molar-refractivity contribution in [3.63, 3.8) is 0 Å². The van der Waals surface area contributed by atoms with Gasteiger partial charge in [0.25, 0.3) is 0 Å². The van der Waals surface area contributed by atoms with Crippen LogP contribution < -0.4 is 25.2 Å². The monoisotopic (exact) mass is 421 g/mol. The molecule has 4 rings (SSSR count). The Labute approximate surface area is 181 Å². The highest BCUT2D eigenvalue weighted by atomic mass is 16.5. The number of fused-ring (bicyclic) bond motifs is 2. The van der Waals surface area contributed by atoms with Crippen LogP contribution >= 0.6 is 0 Å². The second kappa shape index (κ2) is 7.65. The summed E-state index contributed by atoms with van der Waals surface area (Å²) in [4.78, 5) is 24.8. The lowest BCUT2D eigenvalue weighted by atomic mass is 9.72. The summed E-state index contributed by atoms with van der Waals surface area (Å²) in [7, 11) is 3.17. The predicted octanol–water partition coefficient (Wildman–Crippen LogP) is 3.15. The highest BCUT2D eigenvalue weighted by Crippen LogP contribution is 2.47. The minimum atomic E-state index is -1.26. The van der Waals surface area contributed by atoms with Crippen molar-refractivity contribution in [2.75, 3.05) is 24.9 Å². The van der Waals surface area contributed by atoms with Crippen LogP contribution in [-0.4, -0.2) is 26.0 Å². The number of carboxylic acids is 1. The molecule has 2 N–H and O–H groups in total. The zero-order valence-corrected chi connectivity index (χ0v) is 17.9. The number of nitrogens with one attached hydrogen (secondary N) is 2. The molecule has 162 valence electrons. The van der Waals surface area contributed by atoms with Gasteiger partial charge in [-0.1, -0.05) is 26.0 Å². The maximum atomic E-state index is 13.4. The second-order valence-electron chi connectivity index (χ2n) is 8.61. The van der Waals surface area contributed by atoms with Crippen LogP contribution in [0, 0.1) is 11.3 Å². The lowest BCUT2D eigenvalue weighted by molar-refractivity contribution is -0.255. The average Bonchev–Trinajstić information content (AvgIpc) is 2.87. The van der Waals surface area contributed by atoms with Gasteiger partial charge in [0.15, 0.2) is 0 Å². The van der Waals surface area contributed by atoms with Gasteiger partial charge in [0, 0.05) is 17.7 Å². The molecule has 0 unspecified atom stereocenters. The molecule has 2 aliphatic rings. The number of methoxy groups -OCH3 is 2. The molecule has 0 radical (unpaired) electrons. The van der Waals surface area contributed by atoms with Crippen LogP contribution in [0.4, 0.5) is 11.4 Å². The number of rotatable bonds is 4. The van der Waals surface area contributed by atoms with Gasteiger partial charge in [-0.05, 0) is 41.3 Å². The van der Waals surface area contributed by atoms with E-state index in [2.05, 4.69) is 16.7 Å². The van der Waals surface area contributed by atoms with E-state index in [1.165, 1.54) is 12.1 Å². The van der Waals surface area contributed by atoms with Gasteiger partial charge >= 0.3 is 0 Å². The number of aromatic carboxylic acids is 1. The largest absolute Gasteiger partial charge is 0.545 e. The first-order valence-electron chi connectivity index (χ1n) is 10.1. The van der Waals surface area contributed by atoms with E-state index in [9.17, 15) is 14.7 Å². The summed E-state index contributed by atoms with van der Waals surface area (Å²) < 4.78 is 11.0. The number of ketones is 1. The van der Waals surface area contributed by atoms with E-state index in [4.69, 9.17) is 9.47 Å². The molecule has 7 nitrogen and oxygen atoms in total. The van der Waals surface area contributed by atoms with E-state index < -0.39 is 17.9 Å². The van der Waals surface area contributed by atoms with Gasteiger partial charge in [-0.2, -0.15) is 0 Å². The number of allylic oxidation sites excluding steroid dienone is 1. The summed E-state index contributed by atoms with van der Waals surface area (Å²) in [6.45, 7) is 4.02. The van der Waals surface area contributed by atoms with Crippen LogP contribution in [0.2, 0.25) is 0 Å². The van der Waals surface area contributed by atoms with Crippen LogP contribution in [0.25, 0.3) is 0 Å². The van der Waals surface area contributed by atoms with Crippen molar-refractivity contribution in [2.24, 2.45) is 11.3 Å². The number of carboxylic acid groups (broad SMARTS) is 1. The Morgan fingerprint density at radius 2 is 1.87 bits per heavy atom. The predicted molar refractivity (Wildman–Crippen MR) is 115 cm³/mol. The first-order chi connectivity index (χ1) is 14.7. The SMILES string of the molecule is COc1ccc(OC)c([C@@H]2Nc3ccc(C(=O)[O-])cc3NC3=CC(C)(C)CC(=O)[C@H]32)c1. The molecule has 2 aromatic rings. The molecule has 0 spiro atoms. The number of anilines is 2. The van der Waals surface area contributed by atoms with Gasteiger partial charge in [0.05, 0.1) is 43.5 Å². The van der Waals surface area contributed by atoms with Crippen molar-refractivity contribution in [3.05, 3.63) is 59.3 Å². The lowest BCUT2D eigenvalue weighted by Gasteiger charge is -2.35. The summed E-state index contributed by atoms with van der Waals surface area (Å²) in [5, 5.41) is 18.2. The Morgan fingerprint density at radius 1 is 1.10 bits per heavy atom. The molecule has 0 bridgehead atoms. The van der Waals surface area contributed by atoms with Crippen molar-refractivity contribution in [1.29, 1.82) is 0 Å². The third-order valence-electron chi connectivity index (χ3n) is 5.81. The third-order valence-corrected chi connectivity index (χ3v) is 5.81. The molecule has 0 fully saturated rings. The summed E-state index contributed by atoms with van der Waals surface area (Å²) in [6.07, 6.45) is 2.45. The van der Waals surface area contributed by atoms with Crippen molar-refractivity contribution >= 4 is 23.1 Å². The number of benzene rings is 2. The van der Waals surface area contributed by atoms with Crippen molar-refractivity contribution in [2.45, 2.75) is 26.3 Å². The van der Waals surface area contributed by atoms with Gasteiger partial charge in [0.2, 0.25) is 0 Å². The minimum absolute atomic E-state index is 0.0593. The highest BCUT2D eigenvalue weighted by Gasteiger charge is 2.42. The van der Waals surface area contributed by atoms with Gasteiger partial charge in [0.1, 0.15) is 17.3 Å². The first-order valence-corrected chi connectivity index (χ1v) is 10.1. The molecule has 2 atom stereocenters. The van der Waals surface area contributed by atoms with E-state index in [0.717, 1.165) is 11.3 Å². The van der Waals surface area contributed by atoms with Crippen molar-refractivity contribution in [3.8, 4) is 11.5 Å². The van der Waals surface area contributed by atoms with E-state index in [1.807, 2.05) is 26.0 Å². The molecule has 0 amide bonds. The number of carbonyl (C=O) groups excluding carboxylic acids is 2. The molecule has 0 saturated heterocycles. The fourth-order valence-electron chi connectivity index (χ4n) is 4.42. The first kappa shape index (κ1) is 20.8. The average molecular weight is 421 g/mol. The fraction of sp³-hybridized carbons (Fsp3) is 0.333. The Hall–Kier alpha value is -3.48. The second-order valence-corrected chi connectivity index (χ2v) is 8.61. The smallest absolute Gasteiger partial charge is 0.145 e. The summed E-state index contributed by atoms with van der Waals surface area (Å²) in [5.41, 5.74) is 2.51. The molecular formula is C24H25N2O5-. The van der Waals surface area contributed by atoms with Crippen LogP contribution in [0.15, 0.2) is 48.2 Å². The Balaban J connectivity index is 1.92. The Morgan fingerprint density at radius 3 is 2.55 bits per heavy atom. The number of hydrogen-bond donors (Lipinski definition) is 2. The standard InChI is InChI=1S/C24H26N2O5/c1-24(2)11-18-21(19(27)12-24)22(15-10-14(30-3)6-8-20(15)31-4)26-16-7-5-13(23(28)29)9-17(16)25-18/h5-11,21-22,25-26H,12H2,1-4H3,(H,28,29)/p-1/t21-,22-/m0/s1. The van der Waals surface area contributed by atoms with Gasteiger partial charge in [-0.25, -0.2) is 0 Å². The van der Waals surface area contributed by atoms with Crippen LogP contribution in [0.1, 0.15) is 42.2 Å². The highest BCUT2D eigenvalue weighted by molar-refractivity contribution is 5.93. The maximum absolute atomic E-state index is 13.4. The summed E-state index contributed by atoms with van der Waals surface area (Å²) >= 11 is 0. The quantitative estimate of drug-likeness (QED) is 0.782. The third kappa shape index (κ3) is 3.83. The van der Waals surface area contributed by atoms with Crippen molar-refractivity contribution < 1.29 is 24.2 Å². The topological polar surface area (TPSA) is 99.7 Å². The molecule has 2 aromatic carbocycles. The number of hydrogen-bond acceptors (Lipinski definition) is 7. The van der Waals surface area contributed by atoms with E-state index in [-0.39, 0.29) is 16.8 Å². The molecule has 0 saturated carbocycles. The van der Waals surface area contributed by atoms with E-state index >= 15 is 0 Å². The normalized spacial score (nSPS) is 21.4. The number of carbonyl (C=O) groups is 2. The summed E-state index contributed by atoms with van der Waals surface area (Å²) in [6, 6.07) is 9.73. The molecule has 1 aliphatic heterocycles. The van der Waals surface area contributed by atoms with E-state index in [1.54, 1.807) is 26.4 Å². The molecular weight excluding hydrogens is 396 g/mol.